The molecule has 84 valence electrons. The lowest BCUT2D eigenvalue weighted by Crippen LogP contribution is -2.18. The molecule has 16 heavy (non-hydrogen) atoms. The van der Waals surface area contributed by atoms with E-state index in [1.54, 1.807) is 0 Å². The van der Waals surface area contributed by atoms with E-state index in [0.29, 0.717) is 0 Å². The number of nitrogens with zero attached hydrogens (tertiary/aromatic N) is 1. The summed E-state index contributed by atoms with van der Waals surface area (Å²) in [5.41, 5.74) is -0.578. The molecule has 1 aromatic rings. The average Bonchev–Trinajstić information content (AvgIpc) is 2.25. The van der Waals surface area contributed by atoms with Crippen LogP contribution in [0.5, 0.6) is 0 Å². The van der Waals surface area contributed by atoms with E-state index in [2.05, 4.69) is 9.99 Å². The lowest BCUT2D eigenvalue weighted by atomic mass is 10.0. The summed E-state index contributed by atoms with van der Waals surface area (Å²) in [6, 6.07) is 5.68. The van der Waals surface area contributed by atoms with Gasteiger partial charge in [-0.05, 0) is 6.07 Å². The highest BCUT2D eigenvalue weighted by molar-refractivity contribution is 6.43. The Balaban J connectivity index is 3.35. The second-order valence-electron chi connectivity index (χ2n) is 2.78. The third-order valence-corrected chi connectivity index (χ3v) is 1.80. The maximum Gasteiger partial charge on any atom is 0.358 e. The van der Waals surface area contributed by atoms with E-state index in [-0.39, 0.29) is 11.1 Å². The van der Waals surface area contributed by atoms with Crippen LogP contribution in [0.15, 0.2) is 29.4 Å². The minimum absolute atomic E-state index is 0.00403. The van der Waals surface area contributed by atoms with Gasteiger partial charge in [-0.3, -0.25) is 0 Å². The fourth-order valence-corrected chi connectivity index (χ4v) is 1.17. The number of benzene rings is 1. The average molecular weight is 223 g/mol. The van der Waals surface area contributed by atoms with Gasteiger partial charge in [-0.2, -0.15) is 0 Å². The van der Waals surface area contributed by atoms with Crippen molar-refractivity contribution >= 4 is 17.7 Å². The first-order valence-electron chi connectivity index (χ1n) is 4.25. The number of aromatic carboxylic acids is 1. The molecule has 6 heteroatoms. The second-order valence-corrected chi connectivity index (χ2v) is 2.78. The first kappa shape index (κ1) is 11.7. The molecule has 0 aliphatic heterocycles. The number of carbonyl (C=O) groups is 2. The number of aliphatic carboxylic acids is 1. The van der Waals surface area contributed by atoms with Crippen LogP contribution in [-0.4, -0.2) is 35.0 Å². The van der Waals surface area contributed by atoms with E-state index in [4.69, 9.17) is 10.2 Å². The van der Waals surface area contributed by atoms with Gasteiger partial charge in [0.05, 0.1) is 5.56 Å². The van der Waals surface area contributed by atoms with Gasteiger partial charge in [0.2, 0.25) is 0 Å². The molecule has 0 atom stereocenters. The van der Waals surface area contributed by atoms with Crippen LogP contribution in [0.25, 0.3) is 0 Å². The zero-order valence-corrected chi connectivity index (χ0v) is 8.38. The molecular weight excluding hydrogens is 214 g/mol. The van der Waals surface area contributed by atoms with Gasteiger partial charge in [0, 0.05) is 5.56 Å². The summed E-state index contributed by atoms with van der Waals surface area (Å²) in [6.45, 7) is 0. The maximum absolute atomic E-state index is 10.9. The smallest absolute Gasteiger partial charge is 0.358 e. The summed E-state index contributed by atoms with van der Waals surface area (Å²) in [5.74, 6) is -2.57. The van der Waals surface area contributed by atoms with Crippen LogP contribution in [-0.2, 0) is 9.63 Å². The molecule has 0 aromatic heterocycles. The van der Waals surface area contributed by atoms with Crippen LogP contribution >= 0.6 is 0 Å². The van der Waals surface area contributed by atoms with Gasteiger partial charge in [-0.1, -0.05) is 23.4 Å². The monoisotopic (exact) mass is 223 g/mol. The van der Waals surface area contributed by atoms with E-state index in [0.717, 1.165) is 0 Å². The Morgan fingerprint density at radius 1 is 1.19 bits per heavy atom. The fourth-order valence-electron chi connectivity index (χ4n) is 1.17. The van der Waals surface area contributed by atoms with Crippen LogP contribution < -0.4 is 0 Å². The molecular formula is C10H9NO5. The van der Waals surface area contributed by atoms with Gasteiger partial charge in [0.1, 0.15) is 7.11 Å². The Kier molecular flexibility index (Phi) is 3.60. The summed E-state index contributed by atoms with van der Waals surface area (Å²) in [6.07, 6.45) is 0. The largest absolute Gasteiger partial charge is 0.478 e. The van der Waals surface area contributed by atoms with Gasteiger partial charge in [0.25, 0.3) is 0 Å². The minimum Gasteiger partial charge on any atom is -0.478 e. The van der Waals surface area contributed by atoms with Crippen LogP contribution in [0.2, 0.25) is 0 Å². The summed E-state index contributed by atoms with van der Waals surface area (Å²) in [5, 5.41) is 21.0. The third-order valence-electron chi connectivity index (χ3n) is 1.80. The number of carboxylic acids is 2. The maximum atomic E-state index is 10.9. The topological polar surface area (TPSA) is 96.2 Å². The van der Waals surface area contributed by atoms with Crippen LogP contribution in [0.1, 0.15) is 15.9 Å². The summed E-state index contributed by atoms with van der Waals surface area (Å²) >= 11 is 0. The number of hydrogen-bond acceptors (Lipinski definition) is 4. The molecule has 0 spiro atoms. The molecule has 0 saturated carbocycles. The van der Waals surface area contributed by atoms with E-state index in [1.165, 1.54) is 31.4 Å². The highest BCUT2D eigenvalue weighted by Crippen LogP contribution is 2.10. The first-order valence-corrected chi connectivity index (χ1v) is 4.25. The molecule has 0 unspecified atom stereocenters. The van der Waals surface area contributed by atoms with Crippen molar-refractivity contribution in [3.05, 3.63) is 35.4 Å². The number of oxime groups is 1. The van der Waals surface area contributed by atoms with Crippen molar-refractivity contribution in [3.8, 4) is 0 Å². The number of rotatable bonds is 4. The normalized spacial score (nSPS) is 10.9. The first-order chi connectivity index (χ1) is 7.57. The molecule has 0 radical (unpaired) electrons. The zero-order chi connectivity index (χ0) is 12.1. The summed E-state index contributed by atoms with van der Waals surface area (Å²) in [4.78, 5) is 26.1. The third kappa shape index (κ3) is 2.35. The lowest BCUT2D eigenvalue weighted by Gasteiger charge is -2.04. The molecule has 0 aliphatic rings. The van der Waals surface area contributed by atoms with Gasteiger partial charge in [0.15, 0.2) is 5.71 Å². The molecule has 1 rings (SSSR count). The molecule has 0 amide bonds. The molecule has 0 bridgehead atoms. The Labute approximate surface area is 90.8 Å². The van der Waals surface area contributed by atoms with Gasteiger partial charge >= 0.3 is 11.9 Å². The number of hydrogen-bond donors (Lipinski definition) is 2. The highest BCUT2D eigenvalue weighted by atomic mass is 16.6. The van der Waals surface area contributed by atoms with Gasteiger partial charge in [-0.15, -0.1) is 0 Å². The highest BCUT2D eigenvalue weighted by Gasteiger charge is 2.20. The lowest BCUT2D eigenvalue weighted by molar-refractivity contribution is -0.129. The standard InChI is InChI=1S/C10H9NO5/c1-16-11-8(10(14)15)6-4-2-3-5-7(6)9(12)13/h2-5H,1H3,(H,12,13)(H,14,15)/b11-8+. The van der Waals surface area contributed by atoms with Gasteiger partial charge < -0.3 is 15.1 Å². The fraction of sp³-hybridized carbons (Fsp3) is 0.100. The van der Waals surface area contributed by atoms with Crippen molar-refractivity contribution < 1.29 is 24.6 Å². The van der Waals surface area contributed by atoms with Crippen molar-refractivity contribution in [2.45, 2.75) is 0 Å². The van der Waals surface area contributed by atoms with E-state index in [9.17, 15) is 9.59 Å². The van der Waals surface area contributed by atoms with E-state index < -0.39 is 17.7 Å². The zero-order valence-electron chi connectivity index (χ0n) is 8.38. The minimum atomic E-state index is -1.35. The van der Waals surface area contributed by atoms with Crippen molar-refractivity contribution in [2.24, 2.45) is 5.16 Å². The molecule has 0 heterocycles. The molecule has 0 saturated heterocycles. The Hall–Kier alpha value is -2.37. The molecule has 1 aromatic carbocycles. The molecule has 0 fully saturated rings. The van der Waals surface area contributed by atoms with Crippen LogP contribution in [0.3, 0.4) is 0 Å². The quantitative estimate of drug-likeness (QED) is 0.581. The second kappa shape index (κ2) is 4.92. The predicted octanol–water partition coefficient (Wildman–Crippen LogP) is 0.820. The predicted molar refractivity (Wildman–Crippen MR) is 54.6 cm³/mol. The Morgan fingerprint density at radius 3 is 2.19 bits per heavy atom. The Morgan fingerprint density at radius 2 is 1.75 bits per heavy atom. The SMILES string of the molecule is CO/N=C(/C(=O)O)c1ccccc1C(=O)O. The van der Waals surface area contributed by atoms with Crippen LogP contribution in [0.4, 0.5) is 0 Å². The van der Waals surface area contributed by atoms with Crippen molar-refractivity contribution in [2.75, 3.05) is 7.11 Å². The Bertz CT molecular complexity index is 452. The summed E-state index contributed by atoms with van der Waals surface area (Å²) in [7, 11) is 1.19. The van der Waals surface area contributed by atoms with Crippen molar-refractivity contribution in [1.82, 2.24) is 0 Å². The van der Waals surface area contributed by atoms with Gasteiger partial charge in [-0.25, -0.2) is 9.59 Å². The summed E-state index contributed by atoms with van der Waals surface area (Å²) < 4.78 is 0. The van der Waals surface area contributed by atoms with Crippen molar-refractivity contribution in [3.63, 3.8) is 0 Å². The molecule has 6 nitrogen and oxygen atoms in total. The van der Waals surface area contributed by atoms with Crippen molar-refractivity contribution in [1.29, 1.82) is 0 Å². The van der Waals surface area contributed by atoms with Crippen LogP contribution in [0, 0.1) is 0 Å². The molecule has 0 aliphatic carbocycles. The number of carboxylic acid groups (broad SMARTS) is 2. The van der Waals surface area contributed by atoms with E-state index in [1.807, 2.05) is 0 Å². The molecule has 2 N–H and O–H groups in total. The van der Waals surface area contributed by atoms with E-state index >= 15 is 0 Å².